The Bertz CT molecular complexity index is 2960. The van der Waals surface area contributed by atoms with Gasteiger partial charge in [0.25, 0.3) is 18.2 Å². The van der Waals surface area contributed by atoms with Crippen molar-refractivity contribution in [1.29, 1.82) is 0 Å². The first-order valence-electron chi connectivity index (χ1n) is 27.6. The molecule has 4 fully saturated rings. The van der Waals surface area contributed by atoms with Crippen molar-refractivity contribution in [3.05, 3.63) is 71.2 Å². The van der Waals surface area contributed by atoms with Gasteiger partial charge in [-0.1, -0.05) is 38.7 Å². The number of halogens is 2. The maximum absolute atomic E-state index is 15.1. The van der Waals surface area contributed by atoms with Crippen molar-refractivity contribution in [2.24, 2.45) is 17.3 Å². The van der Waals surface area contributed by atoms with Gasteiger partial charge in [-0.25, -0.2) is 14.2 Å². The van der Waals surface area contributed by atoms with Gasteiger partial charge in [-0.05, 0) is 126 Å². The molecule has 77 heavy (non-hydrogen) atoms. The number of fused-ring (bicyclic) bond motifs is 6. The predicted molar refractivity (Wildman–Crippen MR) is 288 cm³/mol. The first-order valence-corrected chi connectivity index (χ1v) is 27.6. The van der Waals surface area contributed by atoms with Gasteiger partial charge >= 0.3 is 5.97 Å². The summed E-state index contributed by atoms with van der Waals surface area (Å²) in [7, 11) is 3.25. The Morgan fingerprint density at radius 2 is 1.78 bits per heavy atom. The summed E-state index contributed by atoms with van der Waals surface area (Å²) in [6, 6.07) is 9.12. The summed E-state index contributed by atoms with van der Waals surface area (Å²) >= 11 is 0. The number of likely N-dealkylation sites (tertiary alicyclic amines) is 2. The molecule has 2 N–H and O–H groups in total. The van der Waals surface area contributed by atoms with Crippen LogP contribution in [-0.4, -0.2) is 141 Å². The molecule has 3 aromatic heterocycles. The molecule has 7 heterocycles. The first-order chi connectivity index (χ1) is 36.8. The molecule has 4 aliphatic heterocycles. The van der Waals surface area contributed by atoms with Gasteiger partial charge in [-0.2, -0.15) is 0 Å². The number of alkyl halides is 2. The van der Waals surface area contributed by atoms with Crippen molar-refractivity contribution in [2.45, 2.75) is 148 Å². The number of rotatable bonds is 11. The summed E-state index contributed by atoms with van der Waals surface area (Å²) < 4.78 is 44.5. The largest absolute Gasteiger partial charge is 0.464 e. The number of cyclic esters (lactones) is 1. The van der Waals surface area contributed by atoms with Crippen LogP contribution in [0.4, 0.5) is 8.78 Å². The lowest BCUT2D eigenvalue weighted by Gasteiger charge is -2.41. The van der Waals surface area contributed by atoms with Crippen LogP contribution in [-0.2, 0) is 52.8 Å². The predicted octanol–water partition coefficient (Wildman–Crippen LogP) is 7.43. The van der Waals surface area contributed by atoms with Gasteiger partial charge in [-0.15, -0.1) is 0 Å². The minimum absolute atomic E-state index is 0.0412. The summed E-state index contributed by atoms with van der Waals surface area (Å²) in [6.45, 7) is 15.3. The quantitative estimate of drug-likeness (QED) is 0.113. The number of hydrogen-bond acceptors (Lipinski definition) is 11. The molecule has 16 nitrogen and oxygen atoms in total. The van der Waals surface area contributed by atoms with E-state index in [0.29, 0.717) is 57.2 Å². The number of nitrogens with zero attached hydrogens (tertiary/aromatic N) is 7. The lowest BCUT2D eigenvalue weighted by Crippen LogP contribution is -2.62. The molecule has 0 spiro atoms. The van der Waals surface area contributed by atoms with Gasteiger partial charge in [0.1, 0.15) is 18.1 Å². The molecule has 5 atom stereocenters. The maximum Gasteiger partial charge on any atom is 0.324 e. The van der Waals surface area contributed by atoms with Crippen LogP contribution >= 0.6 is 0 Å². The third-order valence-corrected chi connectivity index (χ3v) is 16.6. The van der Waals surface area contributed by atoms with E-state index >= 15 is 18.4 Å². The average molecular weight is 1060 g/mol. The number of aryl methyl sites for hydroxylation is 1. The van der Waals surface area contributed by atoms with E-state index in [2.05, 4.69) is 39.0 Å². The van der Waals surface area contributed by atoms with Crippen LogP contribution < -0.4 is 10.7 Å². The number of carbonyl (C=O) groups is 5. The highest BCUT2D eigenvalue weighted by atomic mass is 19.3. The van der Waals surface area contributed by atoms with Crippen LogP contribution in [0.2, 0.25) is 0 Å². The van der Waals surface area contributed by atoms with E-state index in [0.717, 1.165) is 65.8 Å². The summed E-state index contributed by atoms with van der Waals surface area (Å²) in [4.78, 5) is 87.1. The van der Waals surface area contributed by atoms with Gasteiger partial charge in [0.15, 0.2) is 0 Å². The van der Waals surface area contributed by atoms with Gasteiger partial charge in [0.2, 0.25) is 11.8 Å². The average Bonchev–Trinajstić information content (AvgIpc) is 4.21. The number of carbonyl (C=O) groups excluding carboxylic acids is 5. The van der Waals surface area contributed by atoms with Crippen molar-refractivity contribution < 1.29 is 42.2 Å². The van der Waals surface area contributed by atoms with E-state index in [1.54, 1.807) is 25.3 Å². The molecule has 0 unspecified atom stereocenters. The van der Waals surface area contributed by atoms with E-state index in [9.17, 15) is 14.4 Å². The Labute approximate surface area is 450 Å². The molecule has 4 amide bonds. The van der Waals surface area contributed by atoms with Crippen LogP contribution in [0.5, 0.6) is 0 Å². The molecule has 412 valence electrons. The molecule has 6 bridgehead atoms. The molecule has 5 aliphatic rings. The Morgan fingerprint density at radius 3 is 2.48 bits per heavy atom. The van der Waals surface area contributed by atoms with Crippen molar-refractivity contribution in [3.8, 4) is 34.4 Å². The molecule has 4 aromatic rings. The van der Waals surface area contributed by atoms with Crippen LogP contribution in [0.1, 0.15) is 128 Å². The smallest absolute Gasteiger partial charge is 0.324 e. The number of amides is 4. The zero-order valence-electron chi connectivity index (χ0n) is 45.9. The zero-order chi connectivity index (χ0) is 54.9. The van der Waals surface area contributed by atoms with E-state index in [4.69, 9.17) is 19.4 Å². The van der Waals surface area contributed by atoms with Gasteiger partial charge in [0, 0.05) is 105 Å². The maximum atomic E-state index is 15.1. The van der Waals surface area contributed by atoms with Crippen molar-refractivity contribution in [1.82, 2.24) is 45.0 Å². The fraction of sp³-hybridized carbons (Fsp3) is 0.576. The molecule has 1 aliphatic carbocycles. The topological polar surface area (TPSA) is 172 Å². The van der Waals surface area contributed by atoms with Crippen LogP contribution in [0.25, 0.3) is 33.4 Å². The minimum atomic E-state index is -2.90. The summed E-state index contributed by atoms with van der Waals surface area (Å²) in [5, 5.41) is 5.18. The third-order valence-electron chi connectivity index (χ3n) is 16.6. The van der Waals surface area contributed by atoms with Gasteiger partial charge in [-0.3, -0.25) is 43.8 Å². The fourth-order valence-corrected chi connectivity index (χ4v) is 12.1. The first kappa shape index (κ1) is 55.5. The van der Waals surface area contributed by atoms with E-state index < -0.39 is 59.2 Å². The Kier molecular flexibility index (Phi) is 16.5. The number of hydrazine groups is 1. The summed E-state index contributed by atoms with van der Waals surface area (Å²) in [5.74, 6) is 2.83. The molecular formula is C59H75F2N9O7. The molecule has 3 saturated heterocycles. The SMILES string of the molecule is CCn1c(-c2cccnc2[C@H](C)OC)c2c3cc(ccc31)-c1cc(C(F)F)cc(n1)C[C@H](NC(=O)[C@H](C1CCCC1)N(C)C(=O)[C@H]1CCN(C(=O)C#CC(C)(C)N3CCC3)C1)C(=O)N1CCC[C@H](N1)C(=O)OCC(C)(C)C2. The number of likely N-dealkylation sites (N-methyl/N-ethyl adjacent to an activating group) is 1. The molecule has 0 radical (unpaired) electrons. The van der Waals surface area contributed by atoms with Crippen LogP contribution in [0, 0.1) is 29.1 Å². The molecular weight excluding hydrogens is 985 g/mol. The number of hydrogen-bond donors (Lipinski definition) is 2. The number of esters is 1. The lowest BCUT2D eigenvalue weighted by molar-refractivity contribution is -0.155. The van der Waals surface area contributed by atoms with Gasteiger partial charge in [0.05, 0.1) is 41.2 Å². The van der Waals surface area contributed by atoms with E-state index in [-0.39, 0.29) is 66.9 Å². The van der Waals surface area contributed by atoms with Crippen LogP contribution in [0.15, 0.2) is 48.7 Å². The number of nitrogens with one attached hydrogen (secondary N) is 2. The van der Waals surface area contributed by atoms with Crippen molar-refractivity contribution in [2.75, 3.05) is 53.5 Å². The normalized spacial score (nSPS) is 22.2. The Balaban J connectivity index is 1.08. The van der Waals surface area contributed by atoms with E-state index in [1.807, 2.05) is 65.0 Å². The summed E-state index contributed by atoms with van der Waals surface area (Å²) in [6.07, 6.45) is 4.03. The Morgan fingerprint density at radius 1 is 1.01 bits per heavy atom. The van der Waals surface area contributed by atoms with E-state index in [1.165, 1.54) is 22.0 Å². The van der Waals surface area contributed by atoms with Gasteiger partial charge < -0.3 is 29.2 Å². The minimum Gasteiger partial charge on any atom is -0.464 e. The second-order valence-electron chi connectivity index (χ2n) is 23.0. The van der Waals surface area contributed by atoms with Crippen molar-refractivity contribution >= 4 is 40.5 Å². The highest BCUT2D eigenvalue weighted by Gasteiger charge is 2.43. The number of benzene rings is 1. The fourth-order valence-electron chi connectivity index (χ4n) is 12.1. The number of aromatic nitrogens is 3. The van der Waals surface area contributed by atoms with Crippen molar-refractivity contribution in [3.63, 3.8) is 0 Å². The second kappa shape index (κ2) is 23.0. The number of methoxy groups -OCH3 is 1. The highest BCUT2D eigenvalue weighted by molar-refractivity contribution is 5.97. The molecule has 18 heteroatoms. The molecule has 1 saturated carbocycles. The number of ether oxygens (including phenoxy) is 2. The zero-order valence-corrected chi connectivity index (χ0v) is 45.9. The summed E-state index contributed by atoms with van der Waals surface area (Å²) in [5.41, 5.74) is 7.08. The highest BCUT2D eigenvalue weighted by Crippen LogP contribution is 2.42. The third kappa shape index (κ3) is 11.8. The second-order valence-corrected chi connectivity index (χ2v) is 23.0. The lowest BCUT2D eigenvalue weighted by atomic mass is 9.84. The Hall–Kier alpha value is -6.29. The monoisotopic (exact) mass is 1060 g/mol. The van der Waals surface area contributed by atoms with Crippen LogP contribution in [0.3, 0.4) is 0 Å². The standard InChI is InChI=1S/C59H75F2N9O7/c1-9-69-48-20-19-38-30-43(48)44(52(69)42-17-12-24-62-50(42)36(2)76-8)33-58(3,4)35-77-57(75)45-18-13-27-70(65-45)56(74)47(32-41-29-40(53(60)61)31-46(38)63-41)64-54(72)51(37-15-10-11-16-37)66(7)55(73)39-22-28-67(34-39)49(71)21-23-59(5,6)68-25-14-26-68/h12,17,19-20,24,29-31,36-37,39,45,47,51,53,65H,9-11,13-16,18,22,25-28,32-35H2,1-8H3,(H,64,72)/t36-,39-,45-,47-,51-/m0/s1. The molecule has 9 rings (SSSR count). The molecule has 1 aromatic carbocycles. The number of pyridine rings is 2.